The van der Waals surface area contributed by atoms with Crippen LogP contribution in [0.3, 0.4) is 0 Å². The Morgan fingerprint density at radius 3 is 2.76 bits per heavy atom. The van der Waals surface area contributed by atoms with E-state index in [1.54, 1.807) is 7.11 Å². The van der Waals surface area contributed by atoms with Gasteiger partial charge >= 0.3 is 11.9 Å². The second-order valence-corrected chi connectivity index (χ2v) is 6.83. The Morgan fingerprint density at radius 2 is 2.05 bits per heavy atom. The predicted molar refractivity (Wildman–Crippen MR) is 71.0 cm³/mol. The summed E-state index contributed by atoms with van der Waals surface area (Å²) in [6.45, 7) is 1.81. The van der Waals surface area contributed by atoms with Crippen molar-refractivity contribution in [3.63, 3.8) is 0 Å². The maximum absolute atomic E-state index is 12.3. The first-order valence-electron chi connectivity index (χ1n) is 7.53. The van der Waals surface area contributed by atoms with Crippen molar-refractivity contribution in [2.45, 2.75) is 38.7 Å². The zero-order valence-corrected chi connectivity index (χ0v) is 12.2. The van der Waals surface area contributed by atoms with Crippen molar-refractivity contribution in [3.05, 3.63) is 11.1 Å². The van der Waals surface area contributed by atoms with Crippen molar-refractivity contribution in [1.29, 1.82) is 0 Å². The van der Waals surface area contributed by atoms with Gasteiger partial charge in [-0.25, -0.2) is 0 Å². The van der Waals surface area contributed by atoms with E-state index < -0.39 is 23.3 Å². The molecular formula is C16H18O5. The molecule has 0 radical (unpaired) electrons. The van der Waals surface area contributed by atoms with E-state index >= 15 is 0 Å². The average molecular weight is 290 g/mol. The molecule has 0 bridgehead atoms. The van der Waals surface area contributed by atoms with Crippen molar-refractivity contribution in [3.8, 4) is 0 Å². The van der Waals surface area contributed by atoms with Crippen molar-refractivity contribution in [2.75, 3.05) is 7.11 Å². The van der Waals surface area contributed by atoms with Crippen LogP contribution in [0, 0.1) is 23.2 Å². The Labute approximate surface area is 122 Å². The topological polar surface area (TPSA) is 69.7 Å². The van der Waals surface area contributed by atoms with E-state index in [-0.39, 0.29) is 23.7 Å². The minimum absolute atomic E-state index is 0.0254. The van der Waals surface area contributed by atoms with Crippen molar-refractivity contribution >= 4 is 17.7 Å². The van der Waals surface area contributed by atoms with Crippen LogP contribution in [-0.2, 0) is 23.9 Å². The maximum Gasteiger partial charge on any atom is 0.320 e. The largest absolute Gasteiger partial charge is 0.392 e. The zero-order chi connectivity index (χ0) is 14.9. The molecule has 4 rings (SSSR count). The van der Waals surface area contributed by atoms with Gasteiger partial charge in [0.15, 0.2) is 5.78 Å². The van der Waals surface area contributed by atoms with Crippen LogP contribution in [-0.4, -0.2) is 30.9 Å². The van der Waals surface area contributed by atoms with Gasteiger partial charge in [0.25, 0.3) is 0 Å². The van der Waals surface area contributed by atoms with E-state index in [4.69, 9.17) is 9.47 Å². The van der Waals surface area contributed by atoms with Crippen molar-refractivity contribution < 1.29 is 23.9 Å². The lowest BCUT2D eigenvalue weighted by Crippen LogP contribution is -2.45. The normalized spacial score (nSPS) is 44.8. The zero-order valence-electron chi connectivity index (χ0n) is 12.2. The lowest BCUT2D eigenvalue weighted by atomic mass is 9.57. The van der Waals surface area contributed by atoms with E-state index in [1.165, 1.54) is 0 Å². The first-order valence-corrected chi connectivity index (χ1v) is 7.53. The summed E-state index contributed by atoms with van der Waals surface area (Å²) in [6, 6.07) is 0. The number of Topliss-reactive ketones (excluding diaryl/α,β-unsaturated/α-hetero) is 1. The summed E-state index contributed by atoms with van der Waals surface area (Å²) < 4.78 is 10.4. The summed E-state index contributed by atoms with van der Waals surface area (Å²) in [7, 11) is 1.65. The molecule has 0 unspecified atom stereocenters. The number of hydrogen-bond acceptors (Lipinski definition) is 5. The Kier molecular flexibility index (Phi) is 2.53. The van der Waals surface area contributed by atoms with Gasteiger partial charge in [-0.05, 0) is 37.7 Å². The molecule has 0 spiro atoms. The van der Waals surface area contributed by atoms with Crippen molar-refractivity contribution in [2.24, 2.45) is 23.2 Å². The monoisotopic (exact) mass is 290 g/mol. The van der Waals surface area contributed by atoms with Crippen LogP contribution in [0.15, 0.2) is 11.1 Å². The van der Waals surface area contributed by atoms with Gasteiger partial charge < -0.3 is 9.47 Å². The van der Waals surface area contributed by atoms with E-state index in [1.807, 2.05) is 6.92 Å². The molecule has 2 saturated carbocycles. The minimum atomic E-state index is -0.866. The fourth-order valence-electron chi connectivity index (χ4n) is 5.06. The minimum Gasteiger partial charge on any atom is -0.392 e. The highest BCUT2D eigenvalue weighted by atomic mass is 16.6. The van der Waals surface area contributed by atoms with E-state index in [0.717, 1.165) is 11.1 Å². The fraction of sp³-hybridized carbons (Fsp3) is 0.688. The highest BCUT2D eigenvalue weighted by Gasteiger charge is 2.67. The molecule has 1 saturated heterocycles. The summed E-state index contributed by atoms with van der Waals surface area (Å²) in [5, 5.41) is 0. The SMILES string of the molecule is CO[C@H]1CC2=C3C(=O)CC[C@@H]3[C@]3(C)C(=O)OC(=O)[C@@H]3[C@@H]2C1. The molecule has 4 aliphatic rings. The molecule has 1 aliphatic heterocycles. The lowest BCUT2D eigenvalue weighted by molar-refractivity contribution is -0.155. The molecule has 5 heteroatoms. The second-order valence-electron chi connectivity index (χ2n) is 6.83. The molecule has 5 atom stereocenters. The number of rotatable bonds is 1. The van der Waals surface area contributed by atoms with Gasteiger partial charge in [-0.1, -0.05) is 5.57 Å². The summed E-state index contributed by atoms with van der Waals surface area (Å²) in [5.41, 5.74) is 1.00. The summed E-state index contributed by atoms with van der Waals surface area (Å²) >= 11 is 0. The molecule has 112 valence electrons. The smallest absolute Gasteiger partial charge is 0.320 e. The highest BCUT2D eigenvalue weighted by Crippen LogP contribution is 2.62. The van der Waals surface area contributed by atoms with Crippen LogP contribution in [0.4, 0.5) is 0 Å². The quantitative estimate of drug-likeness (QED) is 0.539. The number of hydrogen-bond donors (Lipinski definition) is 0. The third-order valence-corrected chi connectivity index (χ3v) is 6.06. The Bertz CT molecular complexity index is 604. The van der Waals surface area contributed by atoms with Crippen molar-refractivity contribution in [1.82, 2.24) is 0 Å². The molecule has 3 aliphatic carbocycles. The number of carbonyl (C=O) groups is 3. The van der Waals surface area contributed by atoms with E-state index in [9.17, 15) is 14.4 Å². The number of fused-ring (bicyclic) bond motifs is 5. The van der Waals surface area contributed by atoms with Crippen LogP contribution < -0.4 is 0 Å². The van der Waals surface area contributed by atoms with Gasteiger partial charge in [-0.15, -0.1) is 0 Å². The number of allylic oxidation sites excluding steroid dienone is 1. The van der Waals surface area contributed by atoms with Crippen LogP contribution in [0.2, 0.25) is 0 Å². The van der Waals surface area contributed by atoms with Gasteiger partial charge in [-0.2, -0.15) is 0 Å². The lowest BCUT2D eigenvalue weighted by Gasteiger charge is -2.40. The van der Waals surface area contributed by atoms with Crippen LogP contribution in [0.1, 0.15) is 32.6 Å². The predicted octanol–water partition coefficient (Wildman–Crippen LogP) is 1.41. The molecular weight excluding hydrogens is 272 g/mol. The van der Waals surface area contributed by atoms with E-state index in [2.05, 4.69) is 0 Å². The average Bonchev–Trinajstić information content (AvgIpc) is 3.07. The third-order valence-electron chi connectivity index (χ3n) is 6.06. The van der Waals surface area contributed by atoms with E-state index in [0.29, 0.717) is 25.7 Å². The molecule has 3 fully saturated rings. The Balaban J connectivity index is 1.92. The maximum atomic E-state index is 12.3. The van der Waals surface area contributed by atoms with Gasteiger partial charge in [0.1, 0.15) is 0 Å². The molecule has 0 N–H and O–H groups in total. The number of methoxy groups -OCH3 is 1. The Morgan fingerprint density at radius 1 is 1.29 bits per heavy atom. The summed E-state index contributed by atoms with van der Waals surface area (Å²) in [6.07, 6.45) is 2.54. The molecule has 1 heterocycles. The second kappa shape index (κ2) is 4.03. The molecule has 5 nitrogen and oxygen atoms in total. The molecule has 0 amide bonds. The molecule has 0 aromatic carbocycles. The van der Waals surface area contributed by atoms with Gasteiger partial charge in [0.05, 0.1) is 17.4 Å². The summed E-state index contributed by atoms with van der Waals surface area (Å²) in [5.74, 6) is -1.40. The van der Waals surface area contributed by atoms with Crippen LogP contribution in [0.25, 0.3) is 0 Å². The molecule has 21 heavy (non-hydrogen) atoms. The Hall–Kier alpha value is -1.49. The molecule has 0 aromatic rings. The number of esters is 2. The number of ether oxygens (including phenoxy) is 2. The first-order chi connectivity index (χ1) is 9.98. The summed E-state index contributed by atoms with van der Waals surface area (Å²) in [4.78, 5) is 36.9. The van der Waals surface area contributed by atoms with Crippen LogP contribution >= 0.6 is 0 Å². The van der Waals surface area contributed by atoms with Gasteiger partial charge in [-0.3, -0.25) is 14.4 Å². The number of carbonyl (C=O) groups excluding carboxylic acids is 3. The first kappa shape index (κ1) is 13.2. The number of cyclic esters (lactones) is 2. The van der Waals surface area contributed by atoms with Crippen LogP contribution in [0.5, 0.6) is 0 Å². The highest BCUT2D eigenvalue weighted by molar-refractivity contribution is 6.05. The standard InChI is InChI=1S/C16H18O5/c1-16-10-3-4-11(17)12(10)8-5-7(20-2)6-9(8)13(16)14(18)21-15(16)19/h7,9-10,13H,3-6H2,1-2H3/t7-,9+,10-,13-,16-/m0/s1. The number of ketones is 1. The molecule has 0 aromatic heterocycles. The fourth-order valence-corrected chi connectivity index (χ4v) is 5.06. The van der Waals surface area contributed by atoms with Gasteiger partial charge in [0, 0.05) is 19.4 Å². The van der Waals surface area contributed by atoms with Gasteiger partial charge in [0.2, 0.25) is 0 Å². The third kappa shape index (κ3) is 1.42.